The van der Waals surface area contributed by atoms with E-state index in [1.165, 1.54) is 12.1 Å². The van der Waals surface area contributed by atoms with Gasteiger partial charge in [-0.25, -0.2) is 4.39 Å². The molecule has 20 heavy (non-hydrogen) atoms. The molecule has 1 atom stereocenters. The summed E-state index contributed by atoms with van der Waals surface area (Å²) in [4.78, 5) is 0. The molecule has 0 amide bonds. The van der Waals surface area contributed by atoms with E-state index in [0.29, 0.717) is 41.4 Å². The lowest BCUT2D eigenvalue weighted by molar-refractivity contribution is 0.158. The Kier molecular flexibility index (Phi) is 3.32. The largest absolute Gasteiger partial charge is 0.486 e. The molecular weight excluding hydrogens is 259 g/mol. The van der Waals surface area contributed by atoms with Gasteiger partial charge in [-0.1, -0.05) is 18.2 Å². The molecular formula is C16H15FO3. The molecule has 0 fully saturated rings. The molecule has 3 rings (SSSR count). The van der Waals surface area contributed by atoms with Crippen LogP contribution in [0.3, 0.4) is 0 Å². The minimum atomic E-state index is -0.868. The van der Waals surface area contributed by atoms with Crippen molar-refractivity contribution in [2.24, 2.45) is 0 Å². The molecule has 4 heteroatoms. The minimum Gasteiger partial charge on any atom is -0.486 e. The Labute approximate surface area is 116 Å². The first-order chi connectivity index (χ1) is 9.66. The van der Waals surface area contributed by atoms with Gasteiger partial charge in [0.2, 0.25) is 0 Å². The Morgan fingerprint density at radius 1 is 1.10 bits per heavy atom. The summed E-state index contributed by atoms with van der Waals surface area (Å²) in [6, 6.07) is 9.76. The van der Waals surface area contributed by atoms with Crippen LogP contribution in [0.2, 0.25) is 0 Å². The van der Waals surface area contributed by atoms with Crippen LogP contribution in [0.5, 0.6) is 11.5 Å². The summed E-state index contributed by atoms with van der Waals surface area (Å²) in [5.41, 5.74) is 2.00. The van der Waals surface area contributed by atoms with E-state index in [1.54, 1.807) is 19.1 Å². The van der Waals surface area contributed by atoms with Crippen LogP contribution in [0.1, 0.15) is 22.8 Å². The van der Waals surface area contributed by atoms with E-state index in [1.807, 2.05) is 12.1 Å². The number of aliphatic hydroxyl groups excluding tert-OH is 1. The molecule has 2 aromatic carbocycles. The van der Waals surface area contributed by atoms with Crippen LogP contribution < -0.4 is 9.47 Å². The lowest BCUT2D eigenvalue weighted by Crippen LogP contribution is -2.17. The predicted molar refractivity (Wildman–Crippen MR) is 72.6 cm³/mol. The molecule has 1 N–H and O–H groups in total. The van der Waals surface area contributed by atoms with E-state index in [9.17, 15) is 9.50 Å². The first-order valence-electron chi connectivity index (χ1n) is 6.49. The maximum absolute atomic E-state index is 13.2. The second-order valence-electron chi connectivity index (χ2n) is 4.77. The Balaban J connectivity index is 2.04. The van der Waals surface area contributed by atoms with Gasteiger partial charge in [0, 0.05) is 5.56 Å². The molecule has 104 valence electrons. The predicted octanol–water partition coefficient (Wildman–Crippen LogP) is 2.99. The van der Waals surface area contributed by atoms with Gasteiger partial charge >= 0.3 is 0 Å². The molecule has 0 radical (unpaired) electrons. The highest BCUT2D eigenvalue weighted by atomic mass is 19.1. The summed E-state index contributed by atoms with van der Waals surface area (Å²) >= 11 is 0. The molecule has 0 aromatic heterocycles. The number of fused-ring (bicyclic) bond motifs is 1. The topological polar surface area (TPSA) is 38.7 Å². The average Bonchev–Trinajstić information content (AvgIpc) is 2.46. The van der Waals surface area contributed by atoms with E-state index in [-0.39, 0.29) is 5.82 Å². The van der Waals surface area contributed by atoms with Crippen molar-refractivity contribution in [1.82, 2.24) is 0 Å². The van der Waals surface area contributed by atoms with Crippen LogP contribution in [0.15, 0.2) is 36.4 Å². The number of aryl methyl sites for hydroxylation is 1. The molecule has 3 nitrogen and oxygen atoms in total. The van der Waals surface area contributed by atoms with Crippen molar-refractivity contribution < 1.29 is 19.0 Å². The summed E-state index contributed by atoms with van der Waals surface area (Å²) in [6.07, 6.45) is -0.868. The minimum absolute atomic E-state index is 0.312. The fourth-order valence-corrected chi connectivity index (χ4v) is 2.43. The van der Waals surface area contributed by atoms with Crippen molar-refractivity contribution >= 4 is 0 Å². The lowest BCUT2D eigenvalue weighted by Gasteiger charge is -2.23. The molecule has 0 saturated carbocycles. The van der Waals surface area contributed by atoms with Crippen molar-refractivity contribution in [1.29, 1.82) is 0 Å². The van der Waals surface area contributed by atoms with Gasteiger partial charge in [-0.3, -0.25) is 0 Å². The number of ether oxygens (including phenoxy) is 2. The lowest BCUT2D eigenvalue weighted by atomic mass is 9.96. The van der Waals surface area contributed by atoms with Gasteiger partial charge < -0.3 is 14.6 Å². The number of hydrogen-bond acceptors (Lipinski definition) is 3. The maximum atomic E-state index is 13.2. The molecule has 2 aromatic rings. The smallest absolute Gasteiger partial charge is 0.167 e. The summed E-state index contributed by atoms with van der Waals surface area (Å²) in [6.45, 7) is 2.73. The highest BCUT2D eigenvalue weighted by Crippen LogP contribution is 2.39. The second kappa shape index (κ2) is 5.13. The first-order valence-corrected chi connectivity index (χ1v) is 6.49. The van der Waals surface area contributed by atoms with E-state index in [4.69, 9.17) is 9.47 Å². The zero-order valence-electron chi connectivity index (χ0n) is 11.1. The van der Waals surface area contributed by atoms with Crippen molar-refractivity contribution in [2.45, 2.75) is 13.0 Å². The fraction of sp³-hybridized carbons (Fsp3) is 0.250. The van der Waals surface area contributed by atoms with E-state index in [0.717, 1.165) is 0 Å². The Bertz CT molecular complexity index is 640. The summed E-state index contributed by atoms with van der Waals surface area (Å²) in [7, 11) is 0. The van der Waals surface area contributed by atoms with Crippen LogP contribution in [0.4, 0.5) is 4.39 Å². The standard InChI is InChI=1S/C16H15FO3/c1-10-9-11(17)5-6-12(10)15(18)13-3-2-4-14-16(13)20-8-7-19-14/h2-6,9,15,18H,7-8H2,1H3. The molecule has 1 aliphatic rings. The summed E-state index contributed by atoms with van der Waals surface area (Å²) in [5, 5.41) is 10.6. The number of benzene rings is 2. The van der Waals surface area contributed by atoms with Crippen molar-refractivity contribution in [3.63, 3.8) is 0 Å². The summed E-state index contributed by atoms with van der Waals surface area (Å²) in [5.74, 6) is 0.885. The fourth-order valence-electron chi connectivity index (χ4n) is 2.43. The van der Waals surface area contributed by atoms with Gasteiger partial charge in [-0.2, -0.15) is 0 Å². The number of halogens is 1. The van der Waals surface area contributed by atoms with E-state index < -0.39 is 6.10 Å². The molecule has 1 unspecified atom stereocenters. The third-order valence-electron chi connectivity index (χ3n) is 3.42. The summed E-state index contributed by atoms with van der Waals surface area (Å²) < 4.78 is 24.3. The van der Waals surface area contributed by atoms with Gasteiger partial charge in [0.15, 0.2) is 11.5 Å². The highest BCUT2D eigenvalue weighted by Gasteiger charge is 2.22. The quantitative estimate of drug-likeness (QED) is 0.915. The zero-order chi connectivity index (χ0) is 14.1. The molecule has 0 bridgehead atoms. The molecule has 0 spiro atoms. The van der Waals surface area contributed by atoms with Gasteiger partial charge in [-0.15, -0.1) is 0 Å². The maximum Gasteiger partial charge on any atom is 0.167 e. The number of aliphatic hydroxyl groups is 1. The van der Waals surface area contributed by atoms with Crippen molar-refractivity contribution in [3.05, 3.63) is 58.9 Å². The van der Waals surface area contributed by atoms with Gasteiger partial charge in [0.25, 0.3) is 0 Å². The van der Waals surface area contributed by atoms with Crippen molar-refractivity contribution in [2.75, 3.05) is 13.2 Å². The Hall–Kier alpha value is -2.07. The number of hydrogen-bond donors (Lipinski definition) is 1. The van der Waals surface area contributed by atoms with Crippen LogP contribution in [0.25, 0.3) is 0 Å². The van der Waals surface area contributed by atoms with Crippen LogP contribution >= 0.6 is 0 Å². The normalized spacial score (nSPS) is 14.9. The second-order valence-corrected chi connectivity index (χ2v) is 4.77. The number of para-hydroxylation sites is 1. The highest BCUT2D eigenvalue weighted by molar-refractivity contribution is 5.51. The number of rotatable bonds is 2. The van der Waals surface area contributed by atoms with Gasteiger partial charge in [0.05, 0.1) is 0 Å². The van der Waals surface area contributed by atoms with Crippen molar-refractivity contribution in [3.8, 4) is 11.5 Å². The van der Waals surface area contributed by atoms with Gasteiger partial charge in [0.1, 0.15) is 25.1 Å². The van der Waals surface area contributed by atoms with Crippen LogP contribution in [-0.2, 0) is 0 Å². The SMILES string of the molecule is Cc1cc(F)ccc1C(O)c1cccc2c1OCCO2. The Morgan fingerprint density at radius 3 is 2.70 bits per heavy atom. The monoisotopic (exact) mass is 274 g/mol. The van der Waals surface area contributed by atoms with Crippen LogP contribution in [0, 0.1) is 12.7 Å². The zero-order valence-corrected chi connectivity index (χ0v) is 11.1. The van der Waals surface area contributed by atoms with Crippen LogP contribution in [-0.4, -0.2) is 18.3 Å². The van der Waals surface area contributed by atoms with E-state index >= 15 is 0 Å². The average molecular weight is 274 g/mol. The van der Waals surface area contributed by atoms with E-state index in [2.05, 4.69) is 0 Å². The van der Waals surface area contributed by atoms with Gasteiger partial charge in [-0.05, 0) is 36.2 Å². The third-order valence-corrected chi connectivity index (χ3v) is 3.42. The molecule has 1 aliphatic heterocycles. The molecule has 0 saturated heterocycles. The molecule has 0 aliphatic carbocycles. The Morgan fingerprint density at radius 2 is 1.90 bits per heavy atom. The molecule has 1 heterocycles. The third kappa shape index (κ3) is 2.23. The first kappa shape index (κ1) is 12.9.